The van der Waals surface area contributed by atoms with E-state index < -0.39 is 5.54 Å². The first kappa shape index (κ1) is 13.2. The molecule has 1 aromatic heterocycles. The molecular weight excluding hydrogens is 236 g/mol. The van der Waals surface area contributed by atoms with Crippen molar-refractivity contribution in [2.45, 2.75) is 18.9 Å². The number of hydrogen-bond acceptors (Lipinski definition) is 2. The molecule has 0 bridgehead atoms. The Labute approximate surface area is 106 Å². The van der Waals surface area contributed by atoms with Gasteiger partial charge in [0, 0.05) is 6.92 Å². The van der Waals surface area contributed by atoms with E-state index >= 15 is 0 Å². The molecule has 1 aromatic carbocycles. The maximum absolute atomic E-state index is 9.20. The minimum absolute atomic E-state index is 0. The molecule has 0 saturated carbocycles. The second-order valence-electron chi connectivity index (χ2n) is 4.00. The third kappa shape index (κ3) is 2.83. The summed E-state index contributed by atoms with van der Waals surface area (Å²) in [6, 6.07) is 9.94. The molecule has 5 heteroatoms. The third-order valence-corrected chi connectivity index (χ3v) is 2.69. The fourth-order valence-electron chi connectivity index (χ4n) is 1.73. The highest BCUT2D eigenvalue weighted by Gasteiger charge is 2.42. The summed E-state index contributed by atoms with van der Waals surface area (Å²) in [7, 11) is 0. The molecule has 4 nitrogen and oxygen atoms in total. The summed E-state index contributed by atoms with van der Waals surface area (Å²) < 4.78 is 0. The van der Waals surface area contributed by atoms with Gasteiger partial charge in [-0.05, 0) is 5.56 Å². The van der Waals surface area contributed by atoms with Gasteiger partial charge < -0.3 is 17.4 Å². The second kappa shape index (κ2) is 5.46. The number of benzene rings is 1. The molecule has 1 N–H and O–H groups in total. The molecule has 0 aliphatic heterocycles. The van der Waals surface area contributed by atoms with E-state index in [4.69, 9.17) is 0 Å². The smallest absolute Gasteiger partial charge is 0.364 e. The SMILES string of the molecule is CC(Cc1ccccc1)([N+]#N)c1cnc[nH]1.[Cl-]. The Balaban J connectivity index is 0.00000144. The molecule has 1 unspecified atom stereocenters. The van der Waals surface area contributed by atoms with Crippen molar-refractivity contribution in [2.24, 2.45) is 0 Å². The van der Waals surface area contributed by atoms with E-state index in [1.165, 1.54) is 0 Å². The summed E-state index contributed by atoms with van der Waals surface area (Å²) in [5.74, 6) is 0. The van der Waals surface area contributed by atoms with Crippen LogP contribution in [-0.2, 0) is 12.0 Å². The van der Waals surface area contributed by atoms with Crippen molar-refractivity contribution in [3.63, 3.8) is 0 Å². The summed E-state index contributed by atoms with van der Waals surface area (Å²) in [5.41, 5.74) is 1.26. The molecule has 0 aliphatic carbocycles. The molecule has 0 aliphatic rings. The van der Waals surface area contributed by atoms with Crippen LogP contribution < -0.4 is 12.4 Å². The predicted octanol–water partition coefficient (Wildman–Crippen LogP) is -0.275. The monoisotopic (exact) mass is 248 g/mol. The van der Waals surface area contributed by atoms with E-state index in [-0.39, 0.29) is 12.4 Å². The standard InChI is InChI=1S/C12H13N4.ClH/c1-12(16-13,11-8-14-9-15-11)7-10-5-3-2-4-6-10;/h2-6,8-9H,7H2,1H3,(H,14,15);1H/q+1;/p-1. The normalized spacial score (nSPS) is 13.2. The zero-order chi connectivity index (χ0) is 11.4. The van der Waals surface area contributed by atoms with Crippen LogP contribution in [0.4, 0.5) is 0 Å². The Morgan fingerprint density at radius 1 is 1.35 bits per heavy atom. The van der Waals surface area contributed by atoms with E-state index in [9.17, 15) is 5.39 Å². The fraction of sp³-hybridized carbons (Fsp3) is 0.250. The summed E-state index contributed by atoms with van der Waals surface area (Å²) >= 11 is 0. The van der Waals surface area contributed by atoms with Gasteiger partial charge in [-0.15, -0.1) is 0 Å². The number of rotatable bonds is 3. The molecule has 0 saturated heterocycles. The van der Waals surface area contributed by atoms with Gasteiger partial charge in [-0.25, -0.2) is 4.98 Å². The number of H-pyrrole nitrogens is 1. The number of nitrogens with zero attached hydrogens (tertiary/aromatic N) is 3. The van der Waals surface area contributed by atoms with Gasteiger partial charge >= 0.3 is 5.54 Å². The van der Waals surface area contributed by atoms with Gasteiger partial charge in [0.05, 0.1) is 18.9 Å². The number of hydrogen-bond donors (Lipinski definition) is 1. The molecule has 88 valence electrons. The molecule has 2 aromatic rings. The summed E-state index contributed by atoms with van der Waals surface area (Å²) in [5, 5.41) is 9.20. The van der Waals surface area contributed by atoms with E-state index in [1.54, 1.807) is 12.5 Å². The maximum atomic E-state index is 9.20. The van der Waals surface area contributed by atoms with Crippen molar-refractivity contribution >= 4 is 0 Å². The molecular formula is C12H13ClN4. The lowest BCUT2D eigenvalue weighted by Gasteiger charge is -2.08. The van der Waals surface area contributed by atoms with Crippen LogP contribution in [0.2, 0.25) is 0 Å². The van der Waals surface area contributed by atoms with Crippen LogP contribution in [-0.4, -0.2) is 9.97 Å². The minimum Gasteiger partial charge on any atom is -1.00 e. The van der Waals surface area contributed by atoms with Gasteiger partial charge in [-0.1, -0.05) is 30.3 Å². The van der Waals surface area contributed by atoms with Crippen LogP contribution in [0.15, 0.2) is 42.9 Å². The average Bonchev–Trinajstić information content (AvgIpc) is 2.84. The first-order valence-corrected chi connectivity index (χ1v) is 5.14. The van der Waals surface area contributed by atoms with Crippen LogP contribution in [0, 0.1) is 5.39 Å². The third-order valence-electron chi connectivity index (χ3n) is 2.69. The Hall–Kier alpha value is -1.86. The number of halogens is 1. The zero-order valence-electron chi connectivity index (χ0n) is 9.47. The molecule has 0 radical (unpaired) electrons. The highest BCUT2D eigenvalue weighted by molar-refractivity contribution is 5.24. The number of nitrogens with one attached hydrogen (secondary N) is 1. The lowest BCUT2D eigenvalue weighted by molar-refractivity contribution is -0.00000378. The van der Waals surface area contributed by atoms with Crippen molar-refractivity contribution in [3.05, 3.63) is 59.1 Å². The lowest BCUT2D eigenvalue weighted by Crippen LogP contribution is -3.00. The summed E-state index contributed by atoms with van der Waals surface area (Å²) in [4.78, 5) is 10.4. The number of aromatic nitrogens is 2. The molecule has 0 spiro atoms. The number of imidazole rings is 1. The quantitative estimate of drug-likeness (QED) is 0.760. The van der Waals surface area contributed by atoms with Crippen molar-refractivity contribution in [1.29, 1.82) is 5.39 Å². The Kier molecular flexibility index (Phi) is 4.24. The first-order valence-electron chi connectivity index (χ1n) is 5.14. The summed E-state index contributed by atoms with van der Waals surface area (Å²) in [6.45, 7) is 1.87. The van der Waals surface area contributed by atoms with Crippen LogP contribution in [0.1, 0.15) is 18.2 Å². The van der Waals surface area contributed by atoms with Gasteiger partial charge in [0.15, 0.2) is 0 Å². The molecule has 1 atom stereocenters. The predicted molar refractivity (Wildman–Crippen MR) is 61.2 cm³/mol. The Bertz CT molecular complexity index is 489. The van der Waals surface area contributed by atoms with E-state index in [0.717, 1.165) is 11.3 Å². The van der Waals surface area contributed by atoms with Crippen LogP contribution in [0.3, 0.4) is 0 Å². The van der Waals surface area contributed by atoms with Crippen molar-refractivity contribution in [3.8, 4) is 0 Å². The molecule has 2 rings (SSSR count). The van der Waals surface area contributed by atoms with E-state index in [1.807, 2.05) is 37.3 Å². The maximum Gasteiger partial charge on any atom is 0.364 e. The molecule has 1 heterocycles. The topological polar surface area (TPSA) is 56.8 Å². The summed E-state index contributed by atoms with van der Waals surface area (Å²) in [6.07, 6.45) is 3.90. The molecule has 0 amide bonds. The van der Waals surface area contributed by atoms with Gasteiger partial charge in [0.25, 0.3) is 0 Å². The Morgan fingerprint density at radius 2 is 2.06 bits per heavy atom. The largest absolute Gasteiger partial charge is 1.00 e. The fourth-order valence-corrected chi connectivity index (χ4v) is 1.73. The van der Waals surface area contributed by atoms with Crippen LogP contribution in [0.25, 0.3) is 4.98 Å². The highest BCUT2D eigenvalue weighted by Crippen LogP contribution is 2.27. The average molecular weight is 249 g/mol. The van der Waals surface area contributed by atoms with Crippen LogP contribution in [0.5, 0.6) is 0 Å². The van der Waals surface area contributed by atoms with Gasteiger partial charge in [-0.2, -0.15) is 0 Å². The first-order chi connectivity index (χ1) is 7.74. The van der Waals surface area contributed by atoms with Crippen molar-refractivity contribution < 1.29 is 12.4 Å². The van der Waals surface area contributed by atoms with Gasteiger partial charge in [0.2, 0.25) is 5.39 Å². The van der Waals surface area contributed by atoms with Crippen molar-refractivity contribution in [2.75, 3.05) is 0 Å². The Morgan fingerprint density at radius 3 is 2.59 bits per heavy atom. The second-order valence-corrected chi connectivity index (χ2v) is 4.00. The minimum atomic E-state index is -0.669. The zero-order valence-corrected chi connectivity index (χ0v) is 10.2. The van der Waals surface area contributed by atoms with Gasteiger partial charge in [-0.3, -0.25) is 0 Å². The number of diazo groups is 1. The van der Waals surface area contributed by atoms with E-state index in [2.05, 4.69) is 14.9 Å². The van der Waals surface area contributed by atoms with E-state index in [0.29, 0.717) is 6.42 Å². The highest BCUT2D eigenvalue weighted by atomic mass is 35.5. The molecule has 17 heavy (non-hydrogen) atoms. The van der Waals surface area contributed by atoms with Crippen molar-refractivity contribution in [1.82, 2.24) is 9.97 Å². The number of aromatic amines is 1. The van der Waals surface area contributed by atoms with Crippen LogP contribution >= 0.6 is 0 Å². The molecule has 0 fully saturated rings. The van der Waals surface area contributed by atoms with Gasteiger partial charge in [0.1, 0.15) is 10.7 Å². The lowest BCUT2D eigenvalue weighted by atomic mass is 9.91.